The molecule has 1 heterocycles. The molecule has 1 saturated carbocycles. The second kappa shape index (κ2) is 10.1. The van der Waals surface area contributed by atoms with E-state index in [9.17, 15) is 14.4 Å². The normalized spacial score (nSPS) is 22.5. The zero-order chi connectivity index (χ0) is 21.8. The molecule has 7 heteroatoms. The van der Waals surface area contributed by atoms with E-state index in [2.05, 4.69) is 5.32 Å². The molecule has 6 nitrogen and oxygen atoms in total. The lowest BCUT2D eigenvalue weighted by atomic mass is 9.87. The van der Waals surface area contributed by atoms with Crippen LogP contribution in [0.5, 0.6) is 0 Å². The van der Waals surface area contributed by atoms with Crippen LogP contribution < -0.4 is 5.32 Å². The average Bonchev–Trinajstić information content (AvgIpc) is 2.71. The van der Waals surface area contributed by atoms with Gasteiger partial charge in [0.2, 0.25) is 17.7 Å². The van der Waals surface area contributed by atoms with E-state index in [1.54, 1.807) is 18.7 Å². The van der Waals surface area contributed by atoms with Crippen molar-refractivity contribution in [3.8, 4) is 0 Å². The Morgan fingerprint density at radius 3 is 2.24 bits per heavy atom. The standard InChI is InChI=1S/C22H38ClN3O3/c1-15(2)18(24-21(29)22(4,5)14-23)20(28)25-11-12-26(16(3)13-25)19(27)17-9-7-6-8-10-17/h15-18H,6-14H2,1-5H3,(H,24,29). The zero-order valence-electron chi connectivity index (χ0n) is 18.7. The van der Waals surface area contributed by atoms with Crippen molar-refractivity contribution in [3.63, 3.8) is 0 Å². The van der Waals surface area contributed by atoms with Crippen molar-refractivity contribution in [2.45, 2.75) is 78.8 Å². The number of hydrogen-bond acceptors (Lipinski definition) is 3. The topological polar surface area (TPSA) is 69.7 Å². The summed E-state index contributed by atoms with van der Waals surface area (Å²) in [7, 11) is 0. The van der Waals surface area contributed by atoms with E-state index in [4.69, 9.17) is 11.6 Å². The number of amides is 3. The number of carbonyl (C=O) groups is 3. The van der Waals surface area contributed by atoms with Crippen molar-refractivity contribution in [3.05, 3.63) is 0 Å². The molecular weight excluding hydrogens is 390 g/mol. The molecule has 3 amide bonds. The number of piperazine rings is 1. The summed E-state index contributed by atoms with van der Waals surface area (Å²) in [5.41, 5.74) is -0.729. The number of nitrogens with zero attached hydrogens (tertiary/aromatic N) is 2. The SMILES string of the molecule is CC(C)C(NC(=O)C(C)(C)CCl)C(=O)N1CCN(C(=O)C2CCCCC2)C(C)C1. The van der Waals surface area contributed by atoms with Crippen molar-refractivity contribution >= 4 is 29.3 Å². The molecule has 1 saturated heterocycles. The highest BCUT2D eigenvalue weighted by atomic mass is 35.5. The van der Waals surface area contributed by atoms with E-state index < -0.39 is 11.5 Å². The molecule has 166 valence electrons. The van der Waals surface area contributed by atoms with Gasteiger partial charge in [0.1, 0.15) is 6.04 Å². The third-order valence-electron chi connectivity index (χ3n) is 6.34. The van der Waals surface area contributed by atoms with Crippen LogP contribution in [0.15, 0.2) is 0 Å². The number of carbonyl (C=O) groups excluding carboxylic acids is 3. The van der Waals surface area contributed by atoms with Gasteiger partial charge in [-0.25, -0.2) is 0 Å². The maximum Gasteiger partial charge on any atom is 0.245 e. The van der Waals surface area contributed by atoms with Gasteiger partial charge in [0.25, 0.3) is 0 Å². The van der Waals surface area contributed by atoms with Gasteiger partial charge in [-0.1, -0.05) is 33.1 Å². The zero-order valence-corrected chi connectivity index (χ0v) is 19.4. The Balaban J connectivity index is 2.00. The summed E-state index contributed by atoms with van der Waals surface area (Å²) in [4.78, 5) is 42.4. The molecule has 0 radical (unpaired) electrons. The molecule has 29 heavy (non-hydrogen) atoms. The van der Waals surface area contributed by atoms with Crippen LogP contribution in [0.25, 0.3) is 0 Å². The summed E-state index contributed by atoms with van der Waals surface area (Å²) in [5.74, 6) is 0.274. The summed E-state index contributed by atoms with van der Waals surface area (Å²) < 4.78 is 0. The smallest absolute Gasteiger partial charge is 0.245 e. The highest BCUT2D eigenvalue weighted by molar-refractivity contribution is 6.19. The molecule has 1 aliphatic carbocycles. The molecule has 2 unspecified atom stereocenters. The van der Waals surface area contributed by atoms with Gasteiger partial charge < -0.3 is 15.1 Å². The minimum Gasteiger partial charge on any atom is -0.344 e. The summed E-state index contributed by atoms with van der Waals surface area (Å²) in [5, 5.41) is 2.91. The van der Waals surface area contributed by atoms with Crippen molar-refractivity contribution in [1.29, 1.82) is 0 Å². The van der Waals surface area contributed by atoms with Crippen molar-refractivity contribution in [1.82, 2.24) is 15.1 Å². The quantitative estimate of drug-likeness (QED) is 0.662. The first-order valence-corrected chi connectivity index (χ1v) is 11.6. The highest BCUT2D eigenvalue weighted by Crippen LogP contribution is 2.27. The van der Waals surface area contributed by atoms with Gasteiger partial charge in [-0.2, -0.15) is 0 Å². The van der Waals surface area contributed by atoms with Crippen molar-refractivity contribution in [2.24, 2.45) is 17.3 Å². The Labute approximate surface area is 180 Å². The van der Waals surface area contributed by atoms with E-state index in [0.29, 0.717) is 19.6 Å². The number of hydrogen-bond donors (Lipinski definition) is 1. The molecule has 2 atom stereocenters. The van der Waals surface area contributed by atoms with Crippen LogP contribution in [-0.4, -0.2) is 65.1 Å². The van der Waals surface area contributed by atoms with Crippen LogP contribution in [0.1, 0.15) is 66.7 Å². The first-order valence-electron chi connectivity index (χ1n) is 11.0. The Kier molecular flexibility index (Phi) is 8.38. The van der Waals surface area contributed by atoms with Gasteiger partial charge >= 0.3 is 0 Å². The fourth-order valence-electron chi connectivity index (χ4n) is 4.18. The van der Waals surface area contributed by atoms with Gasteiger partial charge in [-0.3, -0.25) is 14.4 Å². The molecule has 2 fully saturated rings. The second-order valence-electron chi connectivity index (χ2n) is 9.71. The molecule has 1 aliphatic heterocycles. The fourth-order valence-corrected chi connectivity index (χ4v) is 4.30. The maximum atomic E-state index is 13.2. The largest absolute Gasteiger partial charge is 0.344 e. The van der Waals surface area contributed by atoms with Crippen LogP contribution >= 0.6 is 11.6 Å². The number of nitrogens with one attached hydrogen (secondary N) is 1. The number of halogens is 1. The van der Waals surface area contributed by atoms with E-state index in [-0.39, 0.29) is 41.5 Å². The van der Waals surface area contributed by atoms with Crippen LogP contribution in [0.2, 0.25) is 0 Å². The lowest BCUT2D eigenvalue weighted by Gasteiger charge is -2.43. The van der Waals surface area contributed by atoms with Gasteiger partial charge in [-0.15, -0.1) is 11.6 Å². The molecule has 0 aromatic carbocycles. The van der Waals surface area contributed by atoms with Gasteiger partial charge in [-0.05, 0) is 39.5 Å². The van der Waals surface area contributed by atoms with E-state index in [1.165, 1.54) is 6.42 Å². The Morgan fingerprint density at radius 2 is 1.72 bits per heavy atom. The number of rotatable bonds is 6. The van der Waals surface area contributed by atoms with E-state index in [1.807, 2.05) is 25.7 Å². The lowest BCUT2D eigenvalue weighted by molar-refractivity contribution is -0.148. The molecule has 2 aliphatic rings. The van der Waals surface area contributed by atoms with Crippen LogP contribution in [-0.2, 0) is 14.4 Å². The van der Waals surface area contributed by atoms with Crippen molar-refractivity contribution in [2.75, 3.05) is 25.5 Å². The van der Waals surface area contributed by atoms with E-state index in [0.717, 1.165) is 25.7 Å². The monoisotopic (exact) mass is 427 g/mol. The summed E-state index contributed by atoms with van der Waals surface area (Å²) in [6.07, 6.45) is 5.48. The first-order chi connectivity index (χ1) is 13.6. The van der Waals surface area contributed by atoms with Crippen molar-refractivity contribution < 1.29 is 14.4 Å². The Hall–Kier alpha value is -1.30. The first kappa shape index (κ1) is 24.0. The average molecular weight is 428 g/mol. The summed E-state index contributed by atoms with van der Waals surface area (Å²) >= 11 is 5.91. The molecule has 0 aromatic rings. The van der Waals surface area contributed by atoms with Crippen LogP contribution in [0.3, 0.4) is 0 Å². The number of alkyl halides is 1. The minimum atomic E-state index is -0.729. The summed E-state index contributed by atoms with van der Waals surface area (Å²) in [6, 6.07) is -0.595. The van der Waals surface area contributed by atoms with Crippen LogP contribution in [0.4, 0.5) is 0 Å². The third kappa shape index (κ3) is 5.87. The highest BCUT2D eigenvalue weighted by Gasteiger charge is 2.38. The predicted octanol–water partition coefficient (Wildman–Crippen LogP) is 3.03. The predicted molar refractivity (Wildman–Crippen MR) is 116 cm³/mol. The Bertz CT molecular complexity index is 602. The molecule has 2 rings (SSSR count). The molecule has 0 aromatic heterocycles. The van der Waals surface area contributed by atoms with Gasteiger partial charge in [0.05, 0.1) is 5.41 Å². The molecule has 1 N–H and O–H groups in total. The molecular formula is C22H38ClN3O3. The summed E-state index contributed by atoms with van der Waals surface area (Å²) in [6.45, 7) is 11.0. The van der Waals surface area contributed by atoms with Gasteiger partial charge in [0, 0.05) is 37.5 Å². The van der Waals surface area contributed by atoms with Crippen LogP contribution in [0, 0.1) is 17.3 Å². The lowest BCUT2D eigenvalue weighted by Crippen LogP contribution is -2.61. The fraction of sp³-hybridized carbons (Fsp3) is 0.864. The van der Waals surface area contributed by atoms with Gasteiger partial charge in [0.15, 0.2) is 0 Å². The molecule has 0 bridgehead atoms. The van der Waals surface area contributed by atoms with E-state index >= 15 is 0 Å². The molecule has 0 spiro atoms. The Morgan fingerprint density at radius 1 is 1.10 bits per heavy atom. The second-order valence-corrected chi connectivity index (χ2v) is 9.98. The third-order valence-corrected chi connectivity index (χ3v) is 7.01. The minimum absolute atomic E-state index is 0.00933. The maximum absolute atomic E-state index is 13.2.